The average molecular weight is 466 g/mol. The zero-order valence-electron chi connectivity index (χ0n) is 19.4. The van der Waals surface area contributed by atoms with Crippen molar-refractivity contribution in [3.63, 3.8) is 0 Å². The molecule has 0 spiro atoms. The summed E-state index contributed by atoms with van der Waals surface area (Å²) in [5, 5.41) is 3.27. The van der Waals surface area contributed by atoms with Gasteiger partial charge in [-0.25, -0.2) is 9.69 Å². The fraction of sp³-hybridized carbons (Fsp3) is 0.111. The summed E-state index contributed by atoms with van der Waals surface area (Å²) in [5.41, 5.74) is 4.55. The van der Waals surface area contributed by atoms with E-state index < -0.39 is 17.8 Å². The first-order chi connectivity index (χ1) is 16.9. The van der Waals surface area contributed by atoms with Crippen LogP contribution in [0.25, 0.3) is 22.7 Å². The second-order valence-corrected chi connectivity index (χ2v) is 8.20. The molecule has 1 aliphatic rings. The largest absolute Gasteiger partial charge is 0.497 e. The molecule has 35 heavy (non-hydrogen) atoms. The Morgan fingerprint density at radius 2 is 1.69 bits per heavy atom. The lowest BCUT2D eigenvalue weighted by Gasteiger charge is -2.26. The molecule has 4 aromatic rings. The highest BCUT2D eigenvalue weighted by molar-refractivity contribution is 6.39. The van der Waals surface area contributed by atoms with Crippen LogP contribution in [-0.2, 0) is 9.59 Å². The number of fused-ring (bicyclic) bond motifs is 1. The number of carbonyl (C=O) groups is 3. The minimum Gasteiger partial charge on any atom is -0.497 e. The summed E-state index contributed by atoms with van der Waals surface area (Å²) in [7, 11) is 1.53. The number of urea groups is 1. The number of pyridine rings is 1. The van der Waals surface area contributed by atoms with Gasteiger partial charge in [0.25, 0.3) is 11.8 Å². The molecule has 2 aromatic carbocycles. The summed E-state index contributed by atoms with van der Waals surface area (Å²) in [6.07, 6.45) is 3.28. The minimum atomic E-state index is -0.794. The molecule has 1 fully saturated rings. The van der Waals surface area contributed by atoms with Crippen molar-refractivity contribution >= 4 is 40.5 Å². The summed E-state index contributed by atoms with van der Waals surface area (Å²) in [4.78, 5) is 43.7. The van der Waals surface area contributed by atoms with Gasteiger partial charge < -0.3 is 9.30 Å². The third-order valence-electron chi connectivity index (χ3n) is 6.05. The number of benzene rings is 2. The number of rotatable bonds is 4. The van der Waals surface area contributed by atoms with E-state index >= 15 is 0 Å². The Balaban J connectivity index is 1.54. The molecule has 1 N–H and O–H groups in total. The number of methoxy groups -OCH3 is 1. The quantitative estimate of drug-likeness (QED) is 0.357. The highest BCUT2D eigenvalue weighted by Crippen LogP contribution is 2.28. The van der Waals surface area contributed by atoms with E-state index in [-0.39, 0.29) is 5.57 Å². The van der Waals surface area contributed by atoms with E-state index in [4.69, 9.17) is 4.74 Å². The number of amides is 4. The zero-order valence-corrected chi connectivity index (χ0v) is 19.4. The highest BCUT2D eigenvalue weighted by atomic mass is 16.5. The van der Waals surface area contributed by atoms with Crippen LogP contribution in [0, 0.1) is 13.8 Å². The standard InChI is InChI=1S/C27H22N4O4/c1-16-13-19(17(2)30(16)21-8-11-24-18(14-21)5-4-12-28-24)15-23-25(32)29-27(34)31(26(23)33)20-6-9-22(35-3)10-7-20/h4-15H,1-3H3,(H,29,32,34)/b23-15+. The van der Waals surface area contributed by atoms with Crippen molar-refractivity contribution in [2.24, 2.45) is 0 Å². The third kappa shape index (κ3) is 3.85. The van der Waals surface area contributed by atoms with Crippen molar-refractivity contribution in [2.75, 3.05) is 12.0 Å². The lowest BCUT2D eigenvalue weighted by Crippen LogP contribution is -2.54. The van der Waals surface area contributed by atoms with Crippen LogP contribution in [0.2, 0.25) is 0 Å². The number of anilines is 1. The number of barbiturate groups is 1. The Morgan fingerprint density at radius 1 is 0.943 bits per heavy atom. The lowest BCUT2D eigenvalue weighted by molar-refractivity contribution is -0.122. The number of nitrogens with zero attached hydrogens (tertiary/aromatic N) is 3. The zero-order chi connectivity index (χ0) is 24.7. The average Bonchev–Trinajstić information content (AvgIpc) is 3.14. The molecule has 8 nitrogen and oxygen atoms in total. The van der Waals surface area contributed by atoms with Crippen LogP contribution >= 0.6 is 0 Å². The van der Waals surface area contributed by atoms with Crippen molar-refractivity contribution in [1.82, 2.24) is 14.9 Å². The molecule has 0 bridgehead atoms. The number of carbonyl (C=O) groups excluding carboxylic acids is 3. The number of aryl methyl sites for hydroxylation is 1. The Hall–Kier alpha value is -4.72. The Labute approximate surface area is 201 Å². The summed E-state index contributed by atoms with van der Waals surface area (Å²) in [6.45, 7) is 3.88. The predicted molar refractivity (Wildman–Crippen MR) is 133 cm³/mol. The SMILES string of the molecule is COc1ccc(N2C(=O)NC(=O)/C(=C\c3cc(C)n(-c4ccc5ncccc5c4)c3C)C2=O)cc1. The van der Waals surface area contributed by atoms with E-state index in [1.54, 1.807) is 30.5 Å². The number of hydrogen-bond acceptors (Lipinski definition) is 5. The number of nitrogens with one attached hydrogen (secondary N) is 1. The van der Waals surface area contributed by atoms with Gasteiger partial charge in [-0.1, -0.05) is 6.07 Å². The molecule has 5 rings (SSSR count). The van der Waals surface area contributed by atoms with Gasteiger partial charge in [-0.3, -0.25) is 19.9 Å². The predicted octanol–water partition coefficient (Wildman–Crippen LogP) is 4.32. The van der Waals surface area contributed by atoms with Crippen molar-refractivity contribution in [1.29, 1.82) is 0 Å². The number of imide groups is 2. The van der Waals surface area contributed by atoms with E-state index in [0.29, 0.717) is 17.0 Å². The van der Waals surface area contributed by atoms with Crippen LogP contribution < -0.4 is 15.0 Å². The van der Waals surface area contributed by atoms with E-state index in [1.807, 2.05) is 50.2 Å². The van der Waals surface area contributed by atoms with Crippen LogP contribution in [-0.4, -0.2) is 34.5 Å². The van der Waals surface area contributed by atoms with E-state index in [2.05, 4.69) is 14.9 Å². The molecule has 4 amide bonds. The molecule has 0 saturated carbocycles. The van der Waals surface area contributed by atoms with E-state index in [9.17, 15) is 14.4 Å². The van der Waals surface area contributed by atoms with Crippen molar-refractivity contribution in [3.05, 3.63) is 89.4 Å². The van der Waals surface area contributed by atoms with Crippen LogP contribution in [0.15, 0.2) is 72.4 Å². The molecule has 1 aliphatic heterocycles. The molecule has 3 heterocycles. The van der Waals surface area contributed by atoms with Gasteiger partial charge in [-0.05, 0) is 80.1 Å². The topological polar surface area (TPSA) is 93.5 Å². The van der Waals surface area contributed by atoms with Gasteiger partial charge in [0.1, 0.15) is 11.3 Å². The Kier molecular flexibility index (Phi) is 5.41. The summed E-state index contributed by atoms with van der Waals surface area (Å²) in [5.74, 6) is -0.834. The highest BCUT2D eigenvalue weighted by Gasteiger charge is 2.37. The molecular weight excluding hydrogens is 444 g/mol. The Morgan fingerprint density at radius 3 is 2.43 bits per heavy atom. The number of ether oxygens (including phenoxy) is 1. The van der Waals surface area contributed by atoms with Crippen LogP contribution in [0.3, 0.4) is 0 Å². The van der Waals surface area contributed by atoms with Gasteiger partial charge in [-0.15, -0.1) is 0 Å². The van der Waals surface area contributed by atoms with Gasteiger partial charge in [0, 0.05) is 28.7 Å². The maximum absolute atomic E-state index is 13.3. The maximum atomic E-state index is 13.3. The normalized spacial score (nSPS) is 15.1. The number of hydrogen-bond donors (Lipinski definition) is 1. The number of aromatic nitrogens is 2. The molecule has 1 saturated heterocycles. The van der Waals surface area contributed by atoms with E-state index in [0.717, 1.165) is 32.9 Å². The third-order valence-corrected chi connectivity index (χ3v) is 6.05. The lowest BCUT2D eigenvalue weighted by atomic mass is 10.1. The fourth-order valence-corrected chi connectivity index (χ4v) is 4.31. The molecule has 2 aromatic heterocycles. The van der Waals surface area contributed by atoms with Gasteiger partial charge in [0.2, 0.25) is 0 Å². The molecule has 0 atom stereocenters. The van der Waals surface area contributed by atoms with E-state index in [1.165, 1.54) is 13.2 Å². The summed E-state index contributed by atoms with van der Waals surface area (Å²) in [6, 6.07) is 17.4. The summed E-state index contributed by atoms with van der Waals surface area (Å²) < 4.78 is 7.19. The molecule has 0 radical (unpaired) electrons. The van der Waals surface area contributed by atoms with Crippen LogP contribution in [0.4, 0.5) is 10.5 Å². The molecular formula is C27H22N4O4. The molecule has 8 heteroatoms. The summed E-state index contributed by atoms with van der Waals surface area (Å²) >= 11 is 0. The smallest absolute Gasteiger partial charge is 0.335 e. The van der Waals surface area contributed by atoms with Gasteiger partial charge in [-0.2, -0.15) is 0 Å². The maximum Gasteiger partial charge on any atom is 0.335 e. The van der Waals surface area contributed by atoms with Gasteiger partial charge >= 0.3 is 6.03 Å². The van der Waals surface area contributed by atoms with Crippen molar-refractivity contribution in [3.8, 4) is 11.4 Å². The van der Waals surface area contributed by atoms with Gasteiger partial charge in [0.05, 0.1) is 18.3 Å². The first kappa shape index (κ1) is 22.1. The second kappa shape index (κ2) is 8.57. The van der Waals surface area contributed by atoms with Crippen molar-refractivity contribution in [2.45, 2.75) is 13.8 Å². The first-order valence-corrected chi connectivity index (χ1v) is 11.0. The molecule has 174 valence electrons. The van der Waals surface area contributed by atoms with Crippen LogP contribution in [0.5, 0.6) is 5.75 Å². The first-order valence-electron chi connectivity index (χ1n) is 11.0. The monoisotopic (exact) mass is 466 g/mol. The fourth-order valence-electron chi connectivity index (χ4n) is 4.31. The Bertz CT molecular complexity index is 1530. The van der Waals surface area contributed by atoms with Gasteiger partial charge in [0.15, 0.2) is 0 Å². The molecule has 0 aliphatic carbocycles. The molecule has 0 unspecified atom stereocenters. The van der Waals surface area contributed by atoms with Crippen LogP contribution in [0.1, 0.15) is 17.0 Å². The minimum absolute atomic E-state index is 0.122. The van der Waals surface area contributed by atoms with Crippen molar-refractivity contribution < 1.29 is 19.1 Å². The second-order valence-electron chi connectivity index (χ2n) is 8.20.